The van der Waals surface area contributed by atoms with Gasteiger partial charge in [0.25, 0.3) is 0 Å². The summed E-state index contributed by atoms with van der Waals surface area (Å²) in [5, 5.41) is 11.8. The Labute approximate surface area is 82.1 Å². The zero-order valence-electron chi connectivity index (χ0n) is 7.90. The van der Waals surface area contributed by atoms with E-state index < -0.39 is 5.97 Å². The number of carboxylic acid groups (broad SMARTS) is 1. The monoisotopic (exact) mass is 198 g/mol. The number of hydrogen-bond acceptors (Lipinski definition) is 3. The van der Waals surface area contributed by atoms with Crippen molar-refractivity contribution in [3.63, 3.8) is 0 Å². The van der Waals surface area contributed by atoms with Gasteiger partial charge in [0, 0.05) is 19.6 Å². The molecule has 0 radical (unpaired) electrons. The van der Waals surface area contributed by atoms with Gasteiger partial charge in [-0.3, -0.25) is 9.59 Å². The Morgan fingerprint density at radius 3 is 2.50 bits per heavy atom. The molecule has 2 saturated heterocycles. The number of amides is 1. The standard InChI is InChI=1S/C9H14N2O3/c12-8(6-1-2-10-3-6)11-4-7(5-11)9(13)14/h6-7,10H,1-5H2,(H,13,14). The quantitative estimate of drug-likeness (QED) is 0.605. The fourth-order valence-electron chi connectivity index (χ4n) is 1.94. The van der Waals surface area contributed by atoms with Gasteiger partial charge < -0.3 is 15.3 Å². The van der Waals surface area contributed by atoms with Crippen molar-refractivity contribution in [2.75, 3.05) is 26.2 Å². The molecule has 0 spiro atoms. The molecule has 0 aromatic heterocycles. The summed E-state index contributed by atoms with van der Waals surface area (Å²) in [6.45, 7) is 2.43. The Kier molecular flexibility index (Phi) is 2.41. The van der Waals surface area contributed by atoms with Crippen molar-refractivity contribution in [3.8, 4) is 0 Å². The number of nitrogens with zero attached hydrogens (tertiary/aromatic N) is 1. The van der Waals surface area contributed by atoms with Crippen LogP contribution in [0.25, 0.3) is 0 Å². The molecule has 5 nitrogen and oxygen atoms in total. The molecule has 0 saturated carbocycles. The molecule has 0 aromatic rings. The molecular weight excluding hydrogens is 184 g/mol. The molecule has 1 amide bonds. The number of nitrogens with one attached hydrogen (secondary N) is 1. The molecule has 2 aliphatic heterocycles. The fourth-order valence-corrected chi connectivity index (χ4v) is 1.94. The summed E-state index contributed by atoms with van der Waals surface area (Å²) >= 11 is 0. The lowest BCUT2D eigenvalue weighted by molar-refractivity contribution is -0.154. The molecule has 2 heterocycles. The van der Waals surface area contributed by atoms with Crippen LogP contribution in [0.5, 0.6) is 0 Å². The molecule has 0 aliphatic carbocycles. The summed E-state index contributed by atoms with van der Waals surface area (Å²) in [4.78, 5) is 23.9. The molecule has 5 heteroatoms. The smallest absolute Gasteiger partial charge is 0.310 e. The largest absolute Gasteiger partial charge is 0.481 e. The molecule has 78 valence electrons. The highest BCUT2D eigenvalue weighted by molar-refractivity contribution is 5.83. The van der Waals surface area contributed by atoms with Crippen molar-refractivity contribution in [1.29, 1.82) is 0 Å². The lowest BCUT2D eigenvalue weighted by Gasteiger charge is -2.38. The molecule has 1 unspecified atom stereocenters. The zero-order chi connectivity index (χ0) is 10.1. The first-order valence-electron chi connectivity index (χ1n) is 4.91. The first kappa shape index (κ1) is 9.45. The molecule has 14 heavy (non-hydrogen) atoms. The third-order valence-electron chi connectivity index (χ3n) is 2.95. The Bertz CT molecular complexity index is 255. The summed E-state index contributed by atoms with van der Waals surface area (Å²) in [6.07, 6.45) is 0.882. The van der Waals surface area contributed by atoms with Crippen molar-refractivity contribution in [2.24, 2.45) is 11.8 Å². The minimum absolute atomic E-state index is 0.0738. The van der Waals surface area contributed by atoms with Crippen molar-refractivity contribution in [3.05, 3.63) is 0 Å². The molecule has 2 aliphatic rings. The number of likely N-dealkylation sites (tertiary alicyclic amines) is 1. The maximum absolute atomic E-state index is 11.7. The van der Waals surface area contributed by atoms with Crippen molar-refractivity contribution in [2.45, 2.75) is 6.42 Å². The highest BCUT2D eigenvalue weighted by Gasteiger charge is 2.38. The van der Waals surface area contributed by atoms with E-state index in [1.54, 1.807) is 4.90 Å². The third kappa shape index (κ3) is 1.59. The van der Waals surface area contributed by atoms with E-state index in [1.165, 1.54) is 0 Å². The minimum Gasteiger partial charge on any atom is -0.481 e. The topological polar surface area (TPSA) is 69.6 Å². The van der Waals surface area contributed by atoms with Crippen LogP contribution < -0.4 is 5.32 Å². The third-order valence-corrected chi connectivity index (χ3v) is 2.95. The molecule has 2 rings (SSSR count). The second kappa shape index (κ2) is 3.57. The molecule has 2 N–H and O–H groups in total. The van der Waals surface area contributed by atoms with E-state index in [1.807, 2.05) is 0 Å². The van der Waals surface area contributed by atoms with Crippen molar-refractivity contribution >= 4 is 11.9 Å². The predicted molar refractivity (Wildman–Crippen MR) is 48.7 cm³/mol. The van der Waals surface area contributed by atoms with E-state index in [2.05, 4.69) is 5.32 Å². The molecular formula is C9H14N2O3. The normalized spacial score (nSPS) is 27.4. The number of carbonyl (C=O) groups excluding carboxylic acids is 1. The van der Waals surface area contributed by atoms with Crippen LogP contribution in [0.2, 0.25) is 0 Å². The van der Waals surface area contributed by atoms with Crippen LogP contribution in [0.4, 0.5) is 0 Å². The highest BCUT2D eigenvalue weighted by Crippen LogP contribution is 2.20. The second-order valence-electron chi connectivity index (χ2n) is 3.97. The van der Waals surface area contributed by atoms with E-state index >= 15 is 0 Å². The molecule has 1 atom stereocenters. The summed E-state index contributed by atoms with van der Waals surface area (Å²) in [5.41, 5.74) is 0. The summed E-state index contributed by atoms with van der Waals surface area (Å²) < 4.78 is 0. The molecule has 0 aromatic carbocycles. The predicted octanol–water partition coefficient (Wildman–Crippen LogP) is -0.861. The van der Waals surface area contributed by atoms with Gasteiger partial charge in [0.05, 0.1) is 11.8 Å². The summed E-state index contributed by atoms with van der Waals surface area (Å²) in [6, 6.07) is 0. The van der Waals surface area contributed by atoms with Crippen LogP contribution in [0.3, 0.4) is 0 Å². The lowest BCUT2D eigenvalue weighted by atomic mass is 9.97. The van der Waals surface area contributed by atoms with Crippen LogP contribution in [-0.2, 0) is 9.59 Å². The maximum atomic E-state index is 11.7. The second-order valence-corrected chi connectivity index (χ2v) is 3.97. The van der Waals surface area contributed by atoms with Crippen LogP contribution in [0.15, 0.2) is 0 Å². The van der Waals surface area contributed by atoms with E-state index in [0.29, 0.717) is 13.1 Å². The molecule has 0 bridgehead atoms. The van der Waals surface area contributed by atoms with E-state index in [9.17, 15) is 9.59 Å². The summed E-state index contributed by atoms with van der Waals surface area (Å²) in [7, 11) is 0. The highest BCUT2D eigenvalue weighted by atomic mass is 16.4. The maximum Gasteiger partial charge on any atom is 0.310 e. The van der Waals surface area contributed by atoms with Gasteiger partial charge in [-0.1, -0.05) is 0 Å². The Balaban J connectivity index is 1.81. The van der Waals surface area contributed by atoms with Crippen LogP contribution in [-0.4, -0.2) is 48.1 Å². The van der Waals surface area contributed by atoms with Crippen LogP contribution >= 0.6 is 0 Å². The van der Waals surface area contributed by atoms with E-state index in [0.717, 1.165) is 19.5 Å². The van der Waals surface area contributed by atoms with Gasteiger partial charge in [-0.05, 0) is 13.0 Å². The van der Waals surface area contributed by atoms with E-state index in [-0.39, 0.29) is 17.7 Å². The van der Waals surface area contributed by atoms with Crippen molar-refractivity contribution in [1.82, 2.24) is 10.2 Å². The number of hydrogen-bond donors (Lipinski definition) is 2. The SMILES string of the molecule is O=C(O)C1CN(C(=O)C2CCNC2)C1. The minimum atomic E-state index is -0.793. The van der Waals surface area contributed by atoms with Crippen LogP contribution in [0.1, 0.15) is 6.42 Å². The van der Waals surface area contributed by atoms with Gasteiger partial charge in [0.15, 0.2) is 0 Å². The summed E-state index contributed by atoms with van der Waals surface area (Å²) in [5.74, 6) is -0.941. The average molecular weight is 198 g/mol. The zero-order valence-corrected chi connectivity index (χ0v) is 7.90. The Morgan fingerprint density at radius 2 is 2.00 bits per heavy atom. The van der Waals surface area contributed by atoms with Gasteiger partial charge in [0.1, 0.15) is 0 Å². The van der Waals surface area contributed by atoms with E-state index in [4.69, 9.17) is 5.11 Å². The van der Waals surface area contributed by atoms with Gasteiger partial charge in [-0.25, -0.2) is 0 Å². The Morgan fingerprint density at radius 1 is 1.29 bits per heavy atom. The van der Waals surface area contributed by atoms with Crippen molar-refractivity contribution < 1.29 is 14.7 Å². The van der Waals surface area contributed by atoms with Crippen LogP contribution in [0, 0.1) is 11.8 Å². The number of carbonyl (C=O) groups is 2. The lowest BCUT2D eigenvalue weighted by Crippen LogP contribution is -2.54. The average Bonchev–Trinajstić information content (AvgIpc) is 2.51. The number of aliphatic carboxylic acids is 1. The fraction of sp³-hybridized carbons (Fsp3) is 0.778. The number of carboxylic acids is 1. The van der Waals surface area contributed by atoms with Gasteiger partial charge in [-0.15, -0.1) is 0 Å². The van der Waals surface area contributed by atoms with Gasteiger partial charge in [0.2, 0.25) is 5.91 Å². The Hall–Kier alpha value is -1.10. The van der Waals surface area contributed by atoms with Gasteiger partial charge in [-0.2, -0.15) is 0 Å². The van der Waals surface area contributed by atoms with Gasteiger partial charge >= 0.3 is 5.97 Å². The first-order valence-corrected chi connectivity index (χ1v) is 4.91. The number of rotatable bonds is 2. The first-order chi connectivity index (χ1) is 6.68. The molecule has 2 fully saturated rings.